The van der Waals surface area contributed by atoms with Crippen molar-refractivity contribution >= 4 is 11.8 Å². The smallest absolute Gasteiger partial charge is 0.246 e. The SMILES string of the molecule is COCCCN1C(=O)C(C(C)C)NC(=O)C1CC(C)C. The number of carbonyl (C=O) groups excluding carboxylic acids is 2. The third-order valence-corrected chi connectivity index (χ3v) is 3.63. The van der Waals surface area contributed by atoms with Crippen LogP contribution in [0.4, 0.5) is 0 Å². The monoisotopic (exact) mass is 284 g/mol. The van der Waals surface area contributed by atoms with Gasteiger partial charge in [0.1, 0.15) is 12.1 Å². The average Bonchev–Trinajstić information content (AvgIpc) is 2.36. The second-order valence-corrected chi connectivity index (χ2v) is 6.25. The standard InChI is InChI=1S/C15H28N2O3/c1-10(2)9-12-14(18)16-13(11(3)4)15(19)17(12)7-6-8-20-5/h10-13H,6-9H2,1-5H3,(H,16,18). The summed E-state index contributed by atoms with van der Waals surface area (Å²) in [5.41, 5.74) is 0. The normalized spacial score (nSPS) is 23.6. The molecule has 116 valence electrons. The summed E-state index contributed by atoms with van der Waals surface area (Å²) >= 11 is 0. The van der Waals surface area contributed by atoms with Gasteiger partial charge in [0.15, 0.2) is 0 Å². The lowest BCUT2D eigenvalue weighted by atomic mass is 9.93. The molecule has 2 unspecified atom stereocenters. The molecule has 0 bridgehead atoms. The van der Waals surface area contributed by atoms with Gasteiger partial charge in [0.2, 0.25) is 11.8 Å². The molecule has 0 aromatic heterocycles. The molecule has 2 atom stereocenters. The molecule has 1 saturated heterocycles. The van der Waals surface area contributed by atoms with Crippen LogP contribution in [0.1, 0.15) is 40.5 Å². The number of nitrogens with zero attached hydrogens (tertiary/aromatic N) is 1. The first kappa shape index (κ1) is 17.0. The van der Waals surface area contributed by atoms with Gasteiger partial charge in [-0.2, -0.15) is 0 Å². The molecular formula is C15H28N2O3. The minimum absolute atomic E-state index is 0.0191. The minimum Gasteiger partial charge on any atom is -0.385 e. The highest BCUT2D eigenvalue weighted by Crippen LogP contribution is 2.20. The lowest BCUT2D eigenvalue weighted by Crippen LogP contribution is -2.65. The Morgan fingerprint density at radius 2 is 1.90 bits per heavy atom. The van der Waals surface area contributed by atoms with Gasteiger partial charge in [-0.25, -0.2) is 0 Å². The molecule has 2 amide bonds. The number of hydrogen-bond acceptors (Lipinski definition) is 3. The summed E-state index contributed by atoms with van der Waals surface area (Å²) in [7, 11) is 1.65. The van der Waals surface area contributed by atoms with E-state index in [1.54, 1.807) is 12.0 Å². The predicted octanol–water partition coefficient (Wildman–Crippen LogP) is 1.42. The van der Waals surface area contributed by atoms with Crippen molar-refractivity contribution in [2.75, 3.05) is 20.3 Å². The number of hydrogen-bond donors (Lipinski definition) is 1. The van der Waals surface area contributed by atoms with Crippen molar-refractivity contribution in [3.8, 4) is 0 Å². The fourth-order valence-corrected chi connectivity index (χ4v) is 2.56. The molecule has 5 heteroatoms. The highest BCUT2D eigenvalue weighted by atomic mass is 16.5. The molecule has 20 heavy (non-hydrogen) atoms. The molecule has 0 aromatic carbocycles. The van der Waals surface area contributed by atoms with Gasteiger partial charge in [0, 0.05) is 20.3 Å². The molecule has 0 spiro atoms. The minimum atomic E-state index is -0.395. The zero-order chi connectivity index (χ0) is 15.3. The first-order valence-corrected chi connectivity index (χ1v) is 7.48. The van der Waals surface area contributed by atoms with E-state index in [2.05, 4.69) is 19.2 Å². The number of nitrogens with one attached hydrogen (secondary N) is 1. The van der Waals surface area contributed by atoms with E-state index < -0.39 is 6.04 Å². The summed E-state index contributed by atoms with van der Waals surface area (Å²) in [6, 6.07) is -0.734. The Bertz CT molecular complexity index is 342. The third kappa shape index (κ3) is 4.20. The molecule has 1 heterocycles. The van der Waals surface area contributed by atoms with E-state index >= 15 is 0 Å². The number of methoxy groups -OCH3 is 1. The fourth-order valence-electron chi connectivity index (χ4n) is 2.56. The van der Waals surface area contributed by atoms with Crippen LogP contribution in [0.2, 0.25) is 0 Å². The van der Waals surface area contributed by atoms with Crippen LogP contribution in [-0.2, 0) is 14.3 Å². The summed E-state index contributed by atoms with van der Waals surface area (Å²) in [4.78, 5) is 26.6. The van der Waals surface area contributed by atoms with Gasteiger partial charge < -0.3 is 15.0 Å². The van der Waals surface area contributed by atoms with Crippen molar-refractivity contribution in [3.05, 3.63) is 0 Å². The maximum Gasteiger partial charge on any atom is 0.246 e. The van der Waals surface area contributed by atoms with Gasteiger partial charge in [-0.1, -0.05) is 27.7 Å². The topological polar surface area (TPSA) is 58.6 Å². The van der Waals surface area contributed by atoms with Crippen molar-refractivity contribution in [1.82, 2.24) is 10.2 Å². The Morgan fingerprint density at radius 3 is 2.40 bits per heavy atom. The highest BCUT2D eigenvalue weighted by molar-refractivity contribution is 5.97. The van der Waals surface area contributed by atoms with Crippen LogP contribution in [0.15, 0.2) is 0 Å². The van der Waals surface area contributed by atoms with Crippen LogP contribution in [-0.4, -0.2) is 49.1 Å². The van der Waals surface area contributed by atoms with Gasteiger partial charge in [-0.3, -0.25) is 9.59 Å². The lowest BCUT2D eigenvalue weighted by Gasteiger charge is -2.41. The maximum atomic E-state index is 12.6. The van der Waals surface area contributed by atoms with Crippen molar-refractivity contribution in [2.24, 2.45) is 11.8 Å². The van der Waals surface area contributed by atoms with E-state index in [4.69, 9.17) is 4.74 Å². The number of carbonyl (C=O) groups is 2. The van der Waals surface area contributed by atoms with Crippen LogP contribution in [0, 0.1) is 11.8 Å². The van der Waals surface area contributed by atoms with Crippen molar-refractivity contribution < 1.29 is 14.3 Å². The molecule has 0 saturated carbocycles. The molecule has 5 nitrogen and oxygen atoms in total. The molecule has 1 N–H and O–H groups in total. The van der Waals surface area contributed by atoms with Crippen molar-refractivity contribution in [3.63, 3.8) is 0 Å². The molecule has 1 rings (SSSR count). The quantitative estimate of drug-likeness (QED) is 0.719. The molecule has 1 fully saturated rings. The fraction of sp³-hybridized carbons (Fsp3) is 0.867. The summed E-state index contributed by atoms with van der Waals surface area (Å²) in [5.74, 6) is 0.506. The Morgan fingerprint density at radius 1 is 1.25 bits per heavy atom. The Kier molecular flexibility index (Phi) is 6.46. The third-order valence-electron chi connectivity index (χ3n) is 3.63. The van der Waals surface area contributed by atoms with E-state index in [-0.39, 0.29) is 23.8 Å². The number of rotatable bonds is 7. The van der Waals surface area contributed by atoms with Gasteiger partial charge in [0.05, 0.1) is 0 Å². The van der Waals surface area contributed by atoms with E-state index in [0.29, 0.717) is 25.5 Å². The maximum absolute atomic E-state index is 12.6. The van der Waals surface area contributed by atoms with E-state index in [0.717, 1.165) is 6.42 Å². The van der Waals surface area contributed by atoms with Crippen LogP contribution in [0.3, 0.4) is 0 Å². The first-order chi connectivity index (χ1) is 9.38. The molecule has 1 aliphatic rings. The molecule has 0 radical (unpaired) electrons. The zero-order valence-electron chi connectivity index (χ0n) is 13.3. The number of piperazine rings is 1. The van der Waals surface area contributed by atoms with Crippen LogP contribution >= 0.6 is 0 Å². The molecule has 1 aliphatic heterocycles. The van der Waals surface area contributed by atoms with Crippen LogP contribution < -0.4 is 5.32 Å². The molecule has 0 aromatic rings. The van der Waals surface area contributed by atoms with E-state index in [9.17, 15) is 9.59 Å². The largest absolute Gasteiger partial charge is 0.385 e. The number of ether oxygens (including phenoxy) is 1. The summed E-state index contributed by atoms with van der Waals surface area (Å²) in [5, 5.41) is 2.88. The van der Waals surface area contributed by atoms with Crippen LogP contribution in [0.25, 0.3) is 0 Å². The Balaban J connectivity index is 2.85. The lowest BCUT2D eigenvalue weighted by molar-refractivity contribution is -0.151. The Labute approximate surface area is 122 Å². The van der Waals surface area contributed by atoms with Crippen molar-refractivity contribution in [1.29, 1.82) is 0 Å². The Hall–Kier alpha value is -1.10. The van der Waals surface area contributed by atoms with E-state index in [1.807, 2.05) is 13.8 Å². The summed E-state index contributed by atoms with van der Waals surface area (Å²) in [6.45, 7) is 9.24. The van der Waals surface area contributed by atoms with Gasteiger partial charge >= 0.3 is 0 Å². The summed E-state index contributed by atoms with van der Waals surface area (Å²) < 4.78 is 5.05. The molecule has 0 aliphatic carbocycles. The van der Waals surface area contributed by atoms with Crippen molar-refractivity contribution in [2.45, 2.75) is 52.6 Å². The van der Waals surface area contributed by atoms with Gasteiger partial charge in [-0.05, 0) is 24.7 Å². The number of amides is 2. The molecular weight excluding hydrogens is 256 g/mol. The zero-order valence-corrected chi connectivity index (χ0v) is 13.3. The average molecular weight is 284 g/mol. The van der Waals surface area contributed by atoms with Crippen LogP contribution in [0.5, 0.6) is 0 Å². The first-order valence-electron chi connectivity index (χ1n) is 7.48. The second kappa shape index (κ2) is 7.62. The summed E-state index contributed by atoms with van der Waals surface area (Å²) in [6.07, 6.45) is 1.46. The van der Waals surface area contributed by atoms with Gasteiger partial charge in [-0.15, -0.1) is 0 Å². The highest BCUT2D eigenvalue weighted by Gasteiger charge is 2.41. The second-order valence-electron chi connectivity index (χ2n) is 6.25. The predicted molar refractivity (Wildman–Crippen MR) is 78.2 cm³/mol. The van der Waals surface area contributed by atoms with E-state index in [1.165, 1.54) is 0 Å². The van der Waals surface area contributed by atoms with Gasteiger partial charge in [0.25, 0.3) is 0 Å².